The highest BCUT2D eigenvalue weighted by Gasteiger charge is 2.23. The van der Waals surface area contributed by atoms with Crippen LogP contribution in [0.25, 0.3) is 0 Å². The predicted octanol–water partition coefficient (Wildman–Crippen LogP) is 1.51. The lowest BCUT2D eigenvalue weighted by Crippen LogP contribution is -2.26. The fraction of sp³-hybridized carbons (Fsp3) is 0.0769. The first-order chi connectivity index (χ1) is 10.7. The molecule has 0 spiro atoms. The summed E-state index contributed by atoms with van der Waals surface area (Å²) in [6.07, 6.45) is 2.30. The predicted molar refractivity (Wildman–Crippen MR) is 79.9 cm³/mol. The number of nitro benzene ring substituents is 1. The minimum Gasteiger partial charge on any atom is -0.478 e. The lowest BCUT2D eigenvalue weighted by atomic mass is 10.3. The van der Waals surface area contributed by atoms with E-state index < -0.39 is 20.9 Å². The number of aromatic nitrogens is 1. The third-order valence-electron chi connectivity index (χ3n) is 3.04. The molecule has 0 radical (unpaired) electrons. The van der Waals surface area contributed by atoms with E-state index in [1.807, 2.05) is 0 Å². The third kappa shape index (κ3) is 3.26. The van der Waals surface area contributed by atoms with Gasteiger partial charge in [-0.2, -0.15) is 0 Å². The summed E-state index contributed by atoms with van der Waals surface area (Å²) in [5.74, 6) is -1.24. The van der Waals surface area contributed by atoms with Crippen molar-refractivity contribution in [2.45, 2.75) is 4.90 Å². The van der Waals surface area contributed by atoms with Gasteiger partial charge in [0, 0.05) is 25.4 Å². The number of benzene rings is 1. The van der Waals surface area contributed by atoms with Crippen molar-refractivity contribution in [2.75, 3.05) is 11.4 Å². The van der Waals surface area contributed by atoms with Gasteiger partial charge < -0.3 is 5.11 Å². The van der Waals surface area contributed by atoms with Crippen molar-refractivity contribution in [3.8, 4) is 0 Å². The monoisotopic (exact) mass is 337 g/mol. The van der Waals surface area contributed by atoms with E-state index in [0.29, 0.717) is 0 Å². The van der Waals surface area contributed by atoms with Crippen molar-refractivity contribution in [1.29, 1.82) is 0 Å². The molecule has 0 saturated heterocycles. The fourth-order valence-corrected chi connectivity index (χ4v) is 2.93. The zero-order chi connectivity index (χ0) is 17.2. The van der Waals surface area contributed by atoms with Crippen molar-refractivity contribution in [3.05, 3.63) is 58.4 Å². The van der Waals surface area contributed by atoms with Crippen LogP contribution in [0, 0.1) is 10.1 Å². The normalized spacial score (nSPS) is 11.0. The Morgan fingerprint density at radius 3 is 2.39 bits per heavy atom. The molecule has 0 atom stereocenters. The number of anilines is 1. The van der Waals surface area contributed by atoms with Crippen molar-refractivity contribution >= 4 is 27.4 Å². The van der Waals surface area contributed by atoms with E-state index in [-0.39, 0.29) is 21.8 Å². The van der Waals surface area contributed by atoms with E-state index in [4.69, 9.17) is 5.11 Å². The number of carbonyl (C=O) groups is 1. The number of nitrogens with zero attached hydrogens (tertiary/aromatic N) is 3. The van der Waals surface area contributed by atoms with Crippen molar-refractivity contribution in [3.63, 3.8) is 0 Å². The van der Waals surface area contributed by atoms with Crippen LogP contribution in [0.4, 0.5) is 11.4 Å². The second-order valence-corrected chi connectivity index (χ2v) is 6.43. The van der Waals surface area contributed by atoms with Gasteiger partial charge in [-0.3, -0.25) is 19.4 Å². The van der Waals surface area contributed by atoms with Gasteiger partial charge in [0.25, 0.3) is 15.7 Å². The number of non-ortho nitro benzene ring substituents is 1. The average Bonchev–Trinajstić information content (AvgIpc) is 2.54. The molecule has 1 aromatic heterocycles. The van der Waals surface area contributed by atoms with E-state index in [9.17, 15) is 23.3 Å². The first-order valence-corrected chi connectivity index (χ1v) is 7.59. The summed E-state index contributed by atoms with van der Waals surface area (Å²) in [6, 6.07) is 5.54. The zero-order valence-electron chi connectivity index (χ0n) is 11.8. The largest absolute Gasteiger partial charge is 0.478 e. The van der Waals surface area contributed by atoms with Crippen LogP contribution in [0.3, 0.4) is 0 Å². The van der Waals surface area contributed by atoms with Gasteiger partial charge in [-0.15, -0.1) is 0 Å². The number of hydrogen-bond donors (Lipinski definition) is 1. The van der Waals surface area contributed by atoms with E-state index in [0.717, 1.165) is 40.8 Å². The molecule has 2 aromatic rings. The summed E-state index contributed by atoms with van der Waals surface area (Å²) in [6.45, 7) is 0. The first kappa shape index (κ1) is 16.4. The first-order valence-electron chi connectivity index (χ1n) is 6.15. The number of rotatable bonds is 5. The molecule has 1 N–H and O–H groups in total. The summed E-state index contributed by atoms with van der Waals surface area (Å²) < 4.78 is 25.8. The Balaban J connectivity index is 2.40. The Bertz CT molecular complexity index is 864. The fourth-order valence-electron chi connectivity index (χ4n) is 1.75. The molecule has 120 valence electrons. The SMILES string of the molecule is CN(c1cncc(C(=O)O)c1)S(=O)(=O)c1ccc([N+](=O)[O-])cc1. The number of carboxylic acid groups (broad SMARTS) is 1. The average molecular weight is 337 g/mol. The van der Waals surface area contributed by atoms with Crippen LogP contribution >= 0.6 is 0 Å². The van der Waals surface area contributed by atoms with Crippen LogP contribution in [-0.4, -0.2) is 36.4 Å². The maximum atomic E-state index is 12.5. The molecule has 0 unspecified atom stereocenters. The summed E-state index contributed by atoms with van der Waals surface area (Å²) >= 11 is 0. The number of pyridine rings is 1. The van der Waals surface area contributed by atoms with Gasteiger partial charge in [0.2, 0.25) is 0 Å². The van der Waals surface area contributed by atoms with Crippen molar-refractivity contribution in [2.24, 2.45) is 0 Å². The molecule has 23 heavy (non-hydrogen) atoms. The molecular weight excluding hydrogens is 326 g/mol. The van der Waals surface area contributed by atoms with Gasteiger partial charge in [0.15, 0.2) is 0 Å². The quantitative estimate of drug-likeness (QED) is 0.646. The van der Waals surface area contributed by atoms with Gasteiger partial charge in [0.05, 0.1) is 27.3 Å². The summed E-state index contributed by atoms with van der Waals surface area (Å²) in [7, 11) is -2.76. The van der Waals surface area contributed by atoms with Crippen LogP contribution in [0.5, 0.6) is 0 Å². The van der Waals surface area contributed by atoms with E-state index in [1.165, 1.54) is 13.2 Å². The molecule has 0 bridgehead atoms. The molecule has 0 fully saturated rings. The Morgan fingerprint density at radius 2 is 1.87 bits per heavy atom. The molecule has 9 nitrogen and oxygen atoms in total. The molecule has 1 aromatic carbocycles. The highest BCUT2D eigenvalue weighted by molar-refractivity contribution is 7.92. The van der Waals surface area contributed by atoms with Crippen LogP contribution in [0.1, 0.15) is 10.4 Å². The van der Waals surface area contributed by atoms with Gasteiger partial charge in [-0.25, -0.2) is 13.2 Å². The molecule has 0 saturated carbocycles. The van der Waals surface area contributed by atoms with Gasteiger partial charge >= 0.3 is 5.97 Å². The number of nitro groups is 1. The summed E-state index contributed by atoms with van der Waals surface area (Å²) in [5, 5.41) is 19.5. The zero-order valence-corrected chi connectivity index (χ0v) is 12.6. The number of aromatic carboxylic acids is 1. The molecule has 1 heterocycles. The van der Waals surface area contributed by atoms with Gasteiger partial charge in [-0.1, -0.05) is 0 Å². The van der Waals surface area contributed by atoms with Crippen LogP contribution in [-0.2, 0) is 10.0 Å². The van der Waals surface area contributed by atoms with Gasteiger partial charge in [0.1, 0.15) is 0 Å². The maximum absolute atomic E-state index is 12.5. The smallest absolute Gasteiger partial charge is 0.337 e. The highest BCUT2D eigenvalue weighted by atomic mass is 32.2. The topological polar surface area (TPSA) is 131 Å². The molecule has 2 rings (SSSR count). The molecule has 0 aliphatic heterocycles. The Hall–Kier alpha value is -3.01. The van der Waals surface area contributed by atoms with E-state index >= 15 is 0 Å². The molecular formula is C13H11N3O6S. The molecule has 0 aliphatic carbocycles. The second-order valence-electron chi connectivity index (χ2n) is 4.46. The lowest BCUT2D eigenvalue weighted by Gasteiger charge is -2.19. The molecule has 10 heteroatoms. The van der Waals surface area contributed by atoms with E-state index in [2.05, 4.69) is 4.98 Å². The van der Waals surface area contributed by atoms with Crippen LogP contribution in [0.2, 0.25) is 0 Å². The second kappa shape index (κ2) is 6.01. The standard InChI is InChI=1S/C13H11N3O6S/c1-15(11-6-9(13(17)18)7-14-8-11)23(21,22)12-4-2-10(3-5-12)16(19)20/h2-8H,1H3,(H,17,18). The third-order valence-corrected chi connectivity index (χ3v) is 4.84. The van der Waals surface area contributed by atoms with Crippen molar-refractivity contribution < 1.29 is 23.2 Å². The van der Waals surface area contributed by atoms with Crippen LogP contribution < -0.4 is 4.31 Å². The van der Waals surface area contributed by atoms with Crippen molar-refractivity contribution in [1.82, 2.24) is 4.98 Å². The Labute approximate surface area is 131 Å². The number of hydrogen-bond acceptors (Lipinski definition) is 6. The molecule has 0 aliphatic rings. The minimum atomic E-state index is -4.00. The lowest BCUT2D eigenvalue weighted by molar-refractivity contribution is -0.384. The number of sulfonamides is 1. The maximum Gasteiger partial charge on any atom is 0.337 e. The minimum absolute atomic E-state index is 0.0586. The Morgan fingerprint density at radius 1 is 1.26 bits per heavy atom. The van der Waals surface area contributed by atoms with Gasteiger partial charge in [-0.05, 0) is 18.2 Å². The summed E-state index contributed by atoms with van der Waals surface area (Å²) in [5.41, 5.74) is -0.336. The Kier molecular flexibility index (Phi) is 4.27. The number of carboxylic acids is 1. The summed E-state index contributed by atoms with van der Waals surface area (Å²) in [4.78, 5) is 24.4. The van der Waals surface area contributed by atoms with Crippen LogP contribution in [0.15, 0.2) is 47.6 Å². The highest BCUT2D eigenvalue weighted by Crippen LogP contribution is 2.23. The van der Waals surface area contributed by atoms with E-state index in [1.54, 1.807) is 0 Å². The molecule has 0 amide bonds.